The quantitative estimate of drug-likeness (QED) is 0.723. The van der Waals surface area contributed by atoms with E-state index in [4.69, 9.17) is 5.73 Å². The van der Waals surface area contributed by atoms with Crippen LogP contribution in [0.4, 0.5) is 19.0 Å². The Balaban J connectivity index is 2.34. The minimum Gasteiger partial charge on any atom is -0.507 e. The number of phenols is 1. The zero-order valence-corrected chi connectivity index (χ0v) is 10.5. The SMILES string of the molecule is Nc1cc(C(F)(F)F)n2ncc(-c3ccccc3O)c2n1. The van der Waals surface area contributed by atoms with Crippen LogP contribution in [0.25, 0.3) is 16.8 Å². The highest BCUT2D eigenvalue weighted by Crippen LogP contribution is 2.35. The summed E-state index contributed by atoms with van der Waals surface area (Å²) in [4.78, 5) is 3.89. The fourth-order valence-electron chi connectivity index (χ4n) is 2.07. The molecule has 21 heavy (non-hydrogen) atoms. The van der Waals surface area contributed by atoms with Gasteiger partial charge in [0.2, 0.25) is 0 Å². The number of aromatic hydroxyl groups is 1. The molecule has 108 valence electrons. The van der Waals surface area contributed by atoms with Gasteiger partial charge in [0.1, 0.15) is 11.6 Å². The van der Waals surface area contributed by atoms with E-state index in [9.17, 15) is 18.3 Å². The topological polar surface area (TPSA) is 76.4 Å². The van der Waals surface area contributed by atoms with E-state index in [2.05, 4.69) is 10.1 Å². The molecule has 0 aliphatic heterocycles. The van der Waals surface area contributed by atoms with Crippen LogP contribution in [0, 0.1) is 0 Å². The number of hydrogen-bond acceptors (Lipinski definition) is 4. The highest BCUT2D eigenvalue weighted by Gasteiger charge is 2.35. The molecule has 0 aliphatic rings. The van der Waals surface area contributed by atoms with Crippen molar-refractivity contribution < 1.29 is 18.3 Å². The summed E-state index contributed by atoms with van der Waals surface area (Å²) in [6.45, 7) is 0. The van der Waals surface area contributed by atoms with Crippen molar-refractivity contribution in [3.8, 4) is 16.9 Å². The number of nitrogens with zero attached hydrogens (tertiary/aromatic N) is 3. The van der Waals surface area contributed by atoms with E-state index in [-0.39, 0.29) is 22.8 Å². The van der Waals surface area contributed by atoms with E-state index in [1.165, 1.54) is 12.3 Å². The van der Waals surface area contributed by atoms with Gasteiger partial charge in [-0.25, -0.2) is 9.50 Å². The van der Waals surface area contributed by atoms with E-state index >= 15 is 0 Å². The number of phenolic OH excluding ortho intramolecular Hbond substituents is 1. The Kier molecular flexibility index (Phi) is 2.75. The first-order chi connectivity index (χ1) is 9.88. The summed E-state index contributed by atoms with van der Waals surface area (Å²) in [6.07, 6.45) is -3.40. The first-order valence-electron chi connectivity index (χ1n) is 5.88. The summed E-state index contributed by atoms with van der Waals surface area (Å²) < 4.78 is 39.7. The van der Waals surface area contributed by atoms with Crippen LogP contribution in [-0.4, -0.2) is 19.7 Å². The van der Waals surface area contributed by atoms with Crippen molar-refractivity contribution in [1.29, 1.82) is 0 Å². The van der Waals surface area contributed by atoms with Crippen LogP contribution in [0.3, 0.4) is 0 Å². The van der Waals surface area contributed by atoms with Gasteiger partial charge in [0.15, 0.2) is 11.3 Å². The van der Waals surface area contributed by atoms with Crippen LogP contribution in [-0.2, 0) is 6.18 Å². The van der Waals surface area contributed by atoms with Gasteiger partial charge in [0.25, 0.3) is 0 Å². The van der Waals surface area contributed by atoms with Gasteiger partial charge in [0, 0.05) is 11.6 Å². The van der Waals surface area contributed by atoms with E-state index in [0.29, 0.717) is 16.1 Å². The first kappa shape index (κ1) is 13.2. The highest BCUT2D eigenvalue weighted by molar-refractivity contribution is 5.81. The molecule has 0 fully saturated rings. The van der Waals surface area contributed by atoms with Crippen molar-refractivity contribution in [2.24, 2.45) is 0 Å². The highest BCUT2D eigenvalue weighted by atomic mass is 19.4. The lowest BCUT2D eigenvalue weighted by Gasteiger charge is -2.10. The summed E-state index contributed by atoms with van der Waals surface area (Å²) in [5.41, 5.74) is 4.96. The molecule has 2 aromatic heterocycles. The van der Waals surface area contributed by atoms with Crippen molar-refractivity contribution >= 4 is 11.5 Å². The predicted molar refractivity (Wildman–Crippen MR) is 69.5 cm³/mol. The Hall–Kier alpha value is -2.77. The molecule has 5 nitrogen and oxygen atoms in total. The Labute approximate surface area is 116 Å². The number of nitrogens with two attached hydrogens (primary N) is 1. The zero-order chi connectivity index (χ0) is 15.2. The molecule has 3 rings (SSSR count). The van der Waals surface area contributed by atoms with Crippen molar-refractivity contribution in [2.75, 3.05) is 5.73 Å². The first-order valence-corrected chi connectivity index (χ1v) is 5.88. The molecule has 3 N–H and O–H groups in total. The number of para-hydroxylation sites is 1. The third kappa shape index (κ3) is 2.14. The predicted octanol–water partition coefficient (Wildman–Crippen LogP) is 2.70. The van der Waals surface area contributed by atoms with E-state index in [1.54, 1.807) is 18.2 Å². The summed E-state index contributed by atoms with van der Waals surface area (Å²) in [7, 11) is 0. The number of anilines is 1. The molecule has 3 aromatic rings. The number of benzene rings is 1. The molecular formula is C13H9F3N4O. The second-order valence-corrected chi connectivity index (χ2v) is 4.37. The lowest BCUT2D eigenvalue weighted by molar-refractivity contribution is -0.142. The minimum atomic E-state index is -4.61. The van der Waals surface area contributed by atoms with Crippen LogP contribution in [0.1, 0.15) is 5.69 Å². The zero-order valence-electron chi connectivity index (χ0n) is 10.5. The third-order valence-electron chi connectivity index (χ3n) is 2.98. The number of aromatic nitrogens is 3. The average molecular weight is 294 g/mol. The third-order valence-corrected chi connectivity index (χ3v) is 2.98. The van der Waals surface area contributed by atoms with Gasteiger partial charge >= 0.3 is 6.18 Å². The largest absolute Gasteiger partial charge is 0.507 e. The summed E-state index contributed by atoms with van der Waals surface area (Å²) >= 11 is 0. The lowest BCUT2D eigenvalue weighted by atomic mass is 10.1. The Bertz CT molecular complexity index is 826. The number of rotatable bonds is 1. The van der Waals surface area contributed by atoms with Gasteiger partial charge in [-0.05, 0) is 6.07 Å². The standard InChI is InChI=1S/C13H9F3N4O/c14-13(15,16)10-5-11(17)19-12-8(6-18-20(10)12)7-3-1-2-4-9(7)21/h1-6,21H,(H2,17,19). The fourth-order valence-corrected chi connectivity index (χ4v) is 2.07. The van der Waals surface area contributed by atoms with Crippen molar-refractivity contribution in [3.63, 3.8) is 0 Å². The summed E-state index contributed by atoms with van der Waals surface area (Å²) in [6, 6.07) is 6.96. The van der Waals surface area contributed by atoms with Crippen molar-refractivity contribution in [1.82, 2.24) is 14.6 Å². The second kappa shape index (κ2) is 4.37. The Morgan fingerprint density at radius 2 is 1.86 bits per heavy atom. The molecule has 0 amide bonds. The Morgan fingerprint density at radius 3 is 2.52 bits per heavy atom. The fraction of sp³-hybridized carbons (Fsp3) is 0.0769. The molecular weight excluding hydrogens is 285 g/mol. The minimum absolute atomic E-state index is 0.0659. The lowest BCUT2D eigenvalue weighted by Crippen LogP contribution is -2.14. The van der Waals surface area contributed by atoms with E-state index < -0.39 is 11.9 Å². The van der Waals surface area contributed by atoms with Crippen molar-refractivity contribution in [3.05, 3.63) is 42.2 Å². The van der Waals surface area contributed by atoms with E-state index in [1.807, 2.05) is 0 Å². The van der Waals surface area contributed by atoms with Gasteiger partial charge in [-0.15, -0.1) is 0 Å². The smallest absolute Gasteiger partial charge is 0.433 e. The molecule has 1 aromatic carbocycles. The number of hydrogen-bond donors (Lipinski definition) is 2. The summed E-state index contributed by atoms with van der Waals surface area (Å²) in [5.74, 6) is -0.350. The van der Waals surface area contributed by atoms with Crippen LogP contribution < -0.4 is 5.73 Å². The number of halogens is 3. The van der Waals surface area contributed by atoms with E-state index in [0.717, 1.165) is 0 Å². The van der Waals surface area contributed by atoms with Gasteiger partial charge in [-0.1, -0.05) is 18.2 Å². The van der Waals surface area contributed by atoms with Gasteiger partial charge in [0.05, 0.1) is 11.8 Å². The number of nitrogen functional groups attached to an aromatic ring is 1. The maximum atomic E-state index is 13.0. The van der Waals surface area contributed by atoms with Gasteiger partial charge < -0.3 is 10.8 Å². The maximum Gasteiger partial charge on any atom is 0.433 e. The van der Waals surface area contributed by atoms with Crippen LogP contribution in [0.15, 0.2) is 36.5 Å². The normalized spacial score (nSPS) is 12.0. The molecule has 0 unspecified atom stereocenters. The Morgan fingerprint density at radius 1 is 1.14 bits per heavy atom. The molecule has 0 bridgehead atoms. The molecule has 0 saturated carbocycles. The maximum absolute atomic E-state index is 13.0. The molecule has 2 heterocycles. The monoisotopic (exact) mass is 294 g/mol. The van der Waals surface area contributed by atoms with Crippen LogP contribution >= 0.6 is 0 Å². The van der Waals surface area contributed by atoms with Gasteiger partial charge in [-0.2, -0.15) is 18.3 Å². The molecule has 0 radical (unpaired) electrons. The molecule has 0 spiro atoms. The van der Waals surface area contributed by atoms with Crippen LogP contribution in [0.5, 0.6) is 5.75 Å². The second-order valence-electron chi connectivity index (χ2n) is 4.37. The molecule has 0 aliphatic carbocycles. The number of alkyl halides is 3. The molecule has 0 saturated heterocycles. The molecule has 8 heteroatoms. The summed E-state index contributed by atoms with van der Waals surface area (Å²) in [5, 5.41) is 13.5. The average Bonchev–Trinajstić information content (AvgIpc) is 2.80. The van der Waals surface area contributed by atoms with Gasteiger partial charge in [-0.3, -0.25) is 0 Å². The van der Waals surface area contributed by atoms with Crippen LogP contribution in [0.2, 0.25) is 0 Å². The molecule has 0 atom stereocenters. The van der Waals surface area contributed by atoms with Crippen molar-refractivity contribution in [2.45, 2.75) is 6.18 Å². The number of fused-ring (bicyclic) bond motifs is 1.